The van der Waals surface area contributed by atoms with Crippen LogP contribution in [0.3, 0.4) is 0 Å². The standard InChI is InChI=1S/C23H28N2O4/c26-19(16-29-20-6-7-21-18(12-20)13-22(27)24-21)15-25-10-8-23(28,9-11-25)14-17-4-2-1-3-5-17/h1-7,12,19,26,28H,8-11,13-16H2,(H,24,27). The molecular formula is C23H28N2O4. The third kappa shape index (κ3) is 5.15. The summed E-state index contributed by atoms with van der Waals surface area (Å²) in [6.07, 6.45) is 1.82. The maximum atomic E-state index is 11.4. The van der Waals surface area contributed by atoms with E-state index in [4.69, 9.17) is 4.74 Å². The monoisotopic (exact) mass is 396 g/mol. The van der Waals surface area contributed by atoms with Crippen molar-refractivity contribution in [2.45, 2.75) is 37.4 Å². The predicted octanol–water partition coefficient (Wildman–Crippen LogP) is 1.99. The van der Waals surface area contributed by atoms with Crippen molar-refractivity contribution in [1.29, 1.82) is 0 Å². The van der Waals surface area contributed by atoms with Gasteiger partial charge >= 0.3 is 0 Å². The number of hydrogen-bond donors (Lipinski definition) is 3. The van der Waals surface area contributed by atoms with Gasteiger partial charge in [0.2, 0.25) is 5.91 Å². The van der Waals surface area contributed by atoms with E-state index in [1.54, 1.807) is 0 Å². The lowest BCUT2D eigenvalue weighted by atomic mass is 9.85. The number of rotatable bonds is 7. The number of anilines is 1. The van der Waals surface area contributed by atoms with E-state index < -0.39 is 11.7 Å². The molecule has 2 aliphatic heterocycles. The average Bonchev–Trinajstić information content (AvgIpc) is 3.08. The predicted molar refractivity (Wildman–Crippen MR) is 111 cm³/mol. The lowest BCUT2D eigenvalue weighted by Crippen LogP contribution is -2.48. The number of piperidine rings is 1. The number of ether oxygens (including phenoxy) is 1. The molecule has 154 valence electrons. The fourth-order valence-corrected chi connectivity index (χ4v) is 4.14. The third-order valence-electron chi connectivity index (χ3n) is 5.78. The van der Waals surface area contributed by atoms with Crippen molar-refractivity contribution in [2.75, 3.05) is 31.6 Å². The van der Waals surface area contributed by atoms with Gasteiger partial charge in [-0.15, -0.1) is 0 Å². The van der Waals surface area contributed by atoms with Crippen molar-refractivity contribution >= 4 is 11.6 Å². The Morgan fingerprint density at radius 1 is 1.14 bits per heavy atom. The molecule has 1 amide bonds. The molecule has 0 aliphatic carbocycles. The first-order valence-electron chi connectivity index (χ1n) is 10.2. The van der Waals surface area contributed by atoms with E-state index in [-0.39, 0.29) is 12.5 Å². The summed E-state index contributed by atoms with van der Waals surface area (Å²) in [5, 5.41) is 24.0. The van der Waals surface area contributed by atoms with E-state index in [0.29, 0.717) is 38.0 Å². The third-order valence-corrected chi connectivity index (χ3v) is 5.78. The summed E-state index contributed by atoms with van der Waals surface area (Å²) in [6.45, 7) is 2.23. The fraction of sp³-hybridized carbons (Fsp3) is 0.435. The van der Waals surface area contributed by atoms with Gasteiger partial charge in [-0.1, -0.05) is 30.3 Å². The number of fused-ring (bicyclic) bond motifs is 1. The van der Waals surface area contributed by atoms with Crippen LogP contribution in [0.25, 0.3) is 0 Å². The van der Waals surface area contributed by atoms with Crippen LogP contribution in [-0.2, 0) is 17.6 Å². The number of β-amino-alcohol motifs (C(OH)–C–C–N with tert-alkyl or cyclic N) is 1. The van der Waals surface area contributed by atoms with Gasteiger partial charge in [0.25, 0.3) is 0 Å². The van der Waals surface area contributed by atoms with E-state index >= 15 is 0 Å². The van der Waals surface area contributed by atoms with Gasteiger partial charge in [0.05, 0.1) is 12.0 Å². The summed E-state index contributed by atoms with van der Waals surface area (Å²) in [5.41, 5.74) is 2.24. The summed E-state index contributed by atoms with van der Waals surface area (Å²) in [6, 6.07) is 15.6. The smallest absolute Gasteiger partial charge is 0.228 e. The molecule has 1 unspecified atom stereocenters. The van der Waals surface area contributed by atoms with Gasteiger partial charge in [-0.25, -0.2) is 0 Å². The molecule has 6 heteroatoms. The number of carbonyl (C=O) groups is 1. The molecule has 2 heterocycles. The van der Waals surface area contributed by atoms with Gasteiger partial charge in [0, 0.05) is 31.7 Å². The number of nitrogens with one attached hydrogen (secondary N) is 1. The Hall–Kier alpha value is -2.41. The highest BCUT2D eigenvalue weighted by molar-refractivity contribution is 5.99. The van der Waals surface area contributed by atoms with Crippen molar-refractivity contribution in [3.05, 3.63) is 59.7 Å². The van der Waals surface area contributed by atoms with E-state index in [1.165, 1.54) is 0 Å². The minimum Gasteiger partial charge on any atom is -0.491 e. The highest BCUT2D eigenvalue weighted by atomic mass is 16.5. The lowest BCUT2D eigenvalue weighted by Gasteiger charge is -2.39. The molecule has 29 heavy (non-hydrogen) atoms. The Kier molecular flexibility index (Phi) is 5.85. The minimum atomic E-state index is -0.671. The summed E-state index contributed by atoms with van der Waals surface area (Å²) in [5.74, 6) is 0.657. The van der Waals surface area contributed by atoms with Gasteiger partial charge < -0.3 is 25.2 Å². The Morgan fingerprint density at radius 3 is 2.66 bits per heavy atom. The van der Waals surface area contributed by atoms with Crippen molar-refractivity contribution in [3.63, 3.8) is 0 Å². The molecule has 1 saturated heterocycles. The SMILES string of the molecule is O=C1Cc2cc(OCC(O)CN3CCC(O)(Cc4ccccc4)CC3)ccc2N1. The van der Waals surface area contributed by atoms with E-state index in [2.05, 4.69) is 22.3 Å². The van der Waals surface area contributed by atoms with Gasteiger partial charge in [0.15, 0.2) is 0 Å². The highest BCUT2D eigenvalue weighted by Gasteiger charge is 2.32. The van der Waals surface area contributed by atoms with Crippen molar-refractivity contribution in [2.24, 2.45) is 0 Å². The molecule has 0 aromatic heterocycles. The number of aliphatic hydroxyl groups is 2. The van der Waals surface area contributed by atoms with Crippen LogP contribution in [0.15, 0.2) is 48.5 Å². The van der Waals surface area contributed by atoms with Gasteiger partial charge in [-0.2, -0.15) is 0 Å². The summed E-state index contributed by atoms with van der Waals surface area (Å²) in [4.78, 5) is 13.6. The Morgan fingerprint density at radius 2 is 1.90 bits per heavy atom. The van der Waals surface area contributed by atoms with Crippen molar-refractivity contribution in [1.82, 2.24) is 4.90 Å². The van der Waals surface area contributed by atoms with E-state index in [9.17, 15) is 15.0 Å². The number of carbonyl (C=O) groups excluding carboxylic acids is 1. The van der Waals surface area contributed by atoms with E-state index in [1.807, 2.05) is 36.4 Å². The maximum Gasteiger partial charge on any atom is 0.228 e. The van der Waals surface area contributed by atoms with Crippen LogP contribution >= 0.6 is 0 Å². The maximum absolute atomic E-state index is 11.4. The minimum absolute atomic E-state index is 0.00509. The number of benzene rings is 2. The Bertz CT molecular complexity index is 847. The first-order valence-corrected chi connectivity index (χ1v) is 10.2. The molecule has 2 aromatic carbocycles. The van der Waals surface area contributed by atoms with Crippen molar-refractivity contribution < 1.29 is 19.7 Å². The van der Waals surface area contributed by atoms with Crippen LogP contribution in [0.5, 0.6) is 5.75 Å². The van der Waals surface area contributed by atoms with Crippen LogP contribution in [0.4, 0.5) is 5.69 Å². The number of likely N-dealkylation sites (tertiary alicyclic amines) is 1. The largest absolute Gasteiger partial charge is 0.491 e. The summed E-state index contributed by atoms with van der Waals surface area (Å²) in [7, 11) is 0. The van der Waals surface area contributed by atoms with Crippen LogP contribution in [0.2, 0.25) is 0 Å². The first-order chi connectivity index (χ1) is 14.0. The molecule has 0 spiro atoms. The molecule has 6 nitrogen and oxygen atoms in total. The second-order valence-electron chi connectivity index (χ2n) is 8.20. The first kappa shape index (κ1) is 19.9. The molecule has 2 aliphatic rings. The van der Waals surface area contributed by atoms with Gasteiger partial charge in [-0.3, -0.25) is 4.79 Å². The Labute approximate surface area is 171 Å². The number of amides is 1. The molecular weight excluding hydrogens is 368 g/mol. The van der Waals surface area contributed by atoms with Gasteiger partial charge in [0.1, 0.15) is 18.5 Å². The molecule has 2 aromatic rings. The van der Waals surface area contributed by atoms with Gasteiger partial charge in [-0.05, 0) is 42.2 Å². The second-order valence-corrected chi connectivity index (χ2v) is 8.20. The fourth-order valence-electron chi connectivity index (χ4n) is 4.14. The van der Waals surface area contributed by atoms with Crippen LogP contribution in [0, 0.1) is 0 Å². The molecule has 3 N–H and O–H groups in total. The lowest BCUT2D eigenvalue weighted by molar-refractivity contribution is -0.115. The normalized spacial score (nSPS) is 19.4. The zero-order valence-corrected chi connectivity index (χ0v) is 16.5. The zero-order valence-electron chi connectivity index (χ0n) is 16.5. The number of aliphatic hydroxyl groups excluding tert-OH is 1. The van der Waals surface area contributed by atoms with Crippen LogP contribution in [-0.4, -0.2) is 59.0 Å². The van der Waals surface area contributed by atoms with Crippen molar-refractivity contribution in [3.8, 4) is 5.75 Å². The summed E-state index contributed by atoms with van der Waals surface area (Å²) >= 11 is 0. The number of nitrogens with zero attached hydrogens (tertiary/aromatic N) is 1. The highest BCUT2D eigenvalue weighted by Crippen LogP contribution is 2.28. The molecule has 4 rings (SSSR count). The van der Waals surface area contributed by atoms with Crippen LogP contribution in [0.1, 0.15) is 24.0 Å². The van der Waals surface area contributed by atoms with Crippen LogP contribution < -0.4 is 10.1 Å². The topological polar surface area (TPSA) is 82.0 Å². The summed E-state index contributed by atoms with van der Waals surface area (Å²) < 4.78 is 5.72. The zero-order chi connectivity index (χ0) is 20.3. The molecule has 0 radical (unpaired) electrons. The van der Waals surface area contributed by atoms with E-state index in [0.717, 1.165) is 29.9 Å². The molecule has 1 atom stereocenters. The molecule has 0 bridgehead atoms. The average molecular weight is 396 g/mol. The quantitative estimate of drug-likeness (QED) is 0.667. The number of hydrogen-bond acceptors (Lipinski definition) is 5. The second kappa shape index (κ2) is 8.53. The molecule has 1 fully saturated rings. The molecule has 0 saturated carbocycles. The Balaban J connectivity index is 1.21.